The van der Waals surface area contributed by atoms with Gasteiger partial charge in [0.05, 0.1) is 13.5 Å². The maximum absolute atomic E-state index is 12.6. The van der Waals surface area contributed by atoms with E-state index < -0.39 is 0 Å². The lowest BCUT2D eigenvalue weighted by molar-refractivity contribution is -0.139. The first-order valence-corrected chi connectivity index (χ1v) is 7.98. The summed E-state index contributed by atoms with van der Waals surface area (Å²) in [6.45, 7) is 0. The predicted octanol–water partition coefficient (Wildman–Crippen LogP) is 3.63. The van der Waals surface area contributed by atoms with Crippen LogP contribution in [0.25, 0.3) is 0 Å². The Balaban J connectivity index is 2.24. The van der Waals surface area contributed by atoms with Crippen LogP contribution in [-0.2, 0) is 22.4 Å². The van der Waals surface area contributed by atoms with Gasteiger partial charge in [-0.15, -0.1) is 0 Å². The number of Topliss-reactive ketones (excluding diaryl/α,β-unsaturated/α-hetero) is 1. The highest BCUT2D eigenvalue weighted by molar-refractivity contribution is 9.10. The molecular weight excluding hydrogens is 358 g/mol. The Kier molecular flexibility index (Phi) is 5.93. The summed E-state index contributed by atoms with van der Waals surface area (Å²) in [5.74, 6) is -0.322. The summed E-state index contributed by atoms with van der Waals surface area (Å²) in [4.78, 5) is 24.0. The minimum atomic E-state index is -0.325. The van der Waals surface area contributed by atoms with Crippen molar-refractivity contribution in [2.24, 2.45) is 0 Å². The Morgan fingerprint density at radius 2 is 1.70 bits per heavy atom. The van der Waals surface area contributed by atoms with E-state index in [1.165, 1.54) is 7.11 Å². The zero-order valence-corrected chi connectivity index (χ0v) is 14.6. The fourth-order valence-electron chi connectivity index (χ4n) is 2.27. The zero-order chi connectivity index (χ0) is 16.8. The van der Waals surface area contributed by atoms with Crippen molar-refractivity contribution in [1.82, 2.24) is 0 Å². The number of carbonyl (C=O) groups excluding carboxylic acids is 2. The van der Waals surface area contributed by atoms with Gasteiger partial charge in [-0.25, -0.2) is 0 Å². The number of ketones is 1. The van der Waals surface area contributed by atoms with Gasteiger partial charge in [-0.05, 0) is 35.4 Å². The molecule has 2 aromatic carbocycles. The molecule has 0 aliphatic heterocycles. The number of methoxy groups -OCH3 is 1. The standard InChI is InChI=1S/C18H18BrNO3/c1-20-16-8-5-13(11-18(22)23-2)9-15(16)17(21)10-12-3-6-14(19)7-4-12/h3-9,20H,10-11H2,1-2H3. The molecular formula is C18H18BrNO3. The first kappa shape index (κ1) is 17.2. The monoisotopic (exact) mass is 375 g/mol. The highest BCUT2D eigenvalue weighted by atomic mass is 79.9. The van der Waals surface area contributed by atoms with Crippen LogP contribution in [0.3, 0.4) is 0 Å². The second-order valence-electron chi connectivity index (χ2n) is 5.11. The Morgan fingerprint density at radius 3 is 2.30 bits per heavy atom. The largest absolute Gasteiger partial charge is 0.469 e. The van der Waals surface area contributed by atoms with Crippen molar-refractivity contribution >= 4 is 33.4 Å². The number of halogens is 1. The molecule has 0 aliphatic carbocycles. The molecule has 0 aliphatic rings. The van der Waals surface area contributed by atoms with E-state index in [9.17, 15) is 9.59 Å². The predicted molar refractivity (Wildman–Crippen MR) is 93.9 cm³/mol. The number of esters is 1. The molecule has 0 saturated heterocycles. The zero-order valence-electron chi connectivity index (χ0n) is 13.1. The van der Waals surface area contributed by atoms with Crippen molar-refractivity contribution in [2.75, 3.05) is 19.5 Å². The minimum absolute atomic E-state index is 0.00314. The summed E-state index contributed by atoms with van der Waals surface area (Å²) in [6.07, 6.45) is 0.461. The van der Waals surface area contributed by atoms with Crippen molar-refractivity contribution in [1.29, 1.82) is 0 Å². The lowest BCUT2D eigenvalue weighted by atomic mass is 9.98. The molecule has 1 N–H and O–H groups in total. The normalized spacial score (nSPS) is 10.2. The minimum Gasteiger partial charge on any atom is -0.469 e. The second-order valence-corrected chi connectivity index (χ2v) is 6.02. The third-order valence-electron chi connectivity index (χ3n) is 3.51. The Hall–Kier alpha value is -2.14. The van der Waals surface area contributed by atoms with Crippen LogP contribution in [0.1, 0.15) is 21.5 Å². The lowest BCUT2D eigenvalue weighted by Crippen LogP contribution is -2.10. The molecule has 0 aromatic heterocycles. The van der Waals surface area contributed by atoms with Gasteiger partial charge >= 0.3 is 5.97 Å². The summed E-state index contributed by atoms with van der Waals surface area (Å²) in [6, 6.07) is 13.0. The van der Waals surface area contributed by atoms with Crippen LogP contribution in [0, 0.1) is 0 Å². The highest BCUT2D eigenvalue weighted by Crippen LogP contribution is 2.21. The number of benzene rings is 2. The summed E-state index contributed by atoms with van der Waals surface area (Å²) in [5, 5.41) is 3.02. The number of rotatable bonds is 6. The van der Waals surface area contributed by atoms with Crippen LogP contribution in [0.15, 0.2) is 46.9 Å². The van der Waals surface area contributed by atoms with E-state index >= 15 is 0 Å². The SMILES string of the molecule is CNc1ccc(CC(=O)OC)cc1C(=O)Cc1ccc(Br)cc1. The first-order valence-electron chi connectivity index (χ1n) is 7.18. The molecule has 0 atom stereocenters. The van der Waals surface area contributed by atoms with E-state index in [4.69, 9.17) is 0 Å². The molecule has 5 heteroatoms. The van der Waals surface area contributed by atoms with Gasteiger partial charge in [-0.3, -0.25) is 9.59 Å². The molecule has 4 nitrogen and oxygen atoms in total. The van der Waals surface area contributed by atoms with E-state index in [2.05, 4.69) is 26.0 Å². The van der Waals surface area contributed by atoms with E-state index in [0.717, 1.165) is 21.3 Å². The Labute approximate surface area is 144 Å². The number of carbonyl (C=O) groups is 2. The molecule has 120 valence electrons. The molecule has 0 bridgehead atoms. The molecule has 0 heterocycles. The third kappa shape index (κ3) is 4.66. The van der Waals surface area contributed by atoms with Gasteiger partial charge in [-0.2, -0.15) is 0 Å². The molecule has 0 unspecified atom stereocenters. The van der Waals surface area contributed by atoms with Crippen LogP contribution < -0.4 is 5.32 Å². The van der Waals surface area contributed by atoms with Gasteiger partial charge in [-0.1, -0.05) is 34.1 Å². The van der Waals surface area contributed by atoms with Crippen molar-refractivity contribution in [3.8, 4) is 0 Å². The fourth-order valence-corrected chi connectivity index (χ4v) is 2.54. The molecule has 0 radical (unpaired) electrons. The summed E-state index contributed by atoms with van der Waals surface area (Å²) >= 11 is 3.38. The van der Waals surface area contributed by atoms with Gasteiger partial charge in [0.2, 0.25) is 0 Å². The number of ether oxygens (including phenoxy) is 1. The smallest absolute Gasteiger partial charge is 0.309 e. The number of hydrogen-bond donors (Lipinski definition) is 1. The average molecular weight is 376 g/mol. The molecule has 0 amide bonds. The maximum atomic E-state index is 12.6. The molecule has 0 spiro atoms. The quantitative estimate of drug-likeness (QED) is 0.618. The van der Waals surface area contributed by atoms with Crippen molar-refractivity contribution in [3.05, 3.63) is 63.6 Å². The summed E-state index contributed by atoms with van der Waals surface area (Å²) in [7, 11) is 3.12. The summed E-state index contributed by atoms with van der Waals surface area (Å²) < 4.78 is 5.65. The maximum Gasteiger partial charge on any atom is 0.309 e. The highest BCUT2D eigenvalue weighted by Gasteiger charge is 2.14. The van der Waals surface area contributed by atoms with E-state index in [0.29, 0.717) is 12.0 Å². The van der Waals surface area contributed by atoms with Crippen molar-refractivity contribution in [2.45, 2.75) is 12.8 Å². The van der Waals surface area contributed by atoms with Gasteiger partial charge in [0.25, 0.3) is 0 Å². The van der Waals surface area contributed by atoms with Crippen LogP contribution in [0.4, 0.5) is 5.69 Å². The topological polar surface area (TPSA) is 55.4 Å². The van der Waals surface area contributed by atoms with Gasteiger partial charge < -0.3 is 10.1 Å². The second kappa shape index (κ2) is 7.92. The van der Waals surface area contributed by atoms with E-state index in [-0.39, 0.29) is 18.2 Å². The Bertz CT molecular complexity index is 711. The van der Waals surface area contributed by atoms with E-state index in [1.54, 1.807) is 13.1 Å². The van der Waals surface area contributed by atoms with Gasteiger partial charge in [0.15, 0.2) is 5.78 Å². The average Bonchev–Trinajstić information content (AvgIpc) is 2.56. The number of nitrogens with one attached hydrogen (secondary N) is 1. The molecule has 2 aromatic rings. The van der Waals surface area contributed by atoms with Gasteiger partial charge in [0, 0.05) is 29.2 Å². The lowest BCUT2D eigenvalue weighted by Gasteiger charge is -2.11. The fraction of sp³-hybridized carbons (Fsp3) is 0.222. The van der Waals surface area contributed by atoms with Crippen LogP contribution in [-0.4, -0.2) is 25.9 Å². The number of hydrogen-bond acceptors (Lipinski definition) is 4. The molecule has 2 rings (SSSR count). The Morgan fingerprint density at radius 1 is 1.04 bits per heavy atom. The van der Waals surface area contributed by atoms with Crippen molar-refractivity contribution < 1.29 is 14.3 Å². The van der Waals surface area contributed by atoms with Crippen LogP contribution in [0.5, 0.6) is 0 Å². The third-order valence-corrected chi connectivity index (χ3v) is 4.04. The first-order chi connectivity index (χ1) is 11.0. The summed E-state index contributed by atoms with van der Waals surface area (Å²) in [5.41, 5.74) is 3.03. The van der Waals surface area contributed by atoms with Crippen molar-refractivity contribution in [3.63, 3.8) is 0 Å². The molecule has 0 fully saturated rings. The molecule has 0 saturated carbocycles. The van der Waals surface area contributed by atoms with Gasteiger partial charge in [0.1, 0.15) is 0 Å². The van der Waals surface area contributed by atoms with Crippen LogP contribution >= 0.6 is 15.9 Å². The molecule has 23 heavy (non-hydrogen) atoms. The van der Waals surface area contributed by atoms with Crippen LogP contribution in [0.2, 0.25) is 0 Å². The van der Waals surface area contributed by atoms with E-state index in [1.807, 2.05) is 36.4 Å². The number of anilines is 1.